The van der Waals surface area contributed by atoms with E-state index in [-0.39, 0.29) is 42.2 Å². The van der Waals surface area contributed by atoms with Crippen LogP contribution in [0.3, 0.4) is 0 Å². The molecule has 1 amide bonds. The minimum Gasteiger partial charge on any atom is -0.444 e. The van der Waals surface area contributed by atoms with Crippen molar-refractivity contribution in [3.05, 3.63) is 0 Å². The van der Waals surface area contributed by atoms with Gasteiger partial charge in [0, 0.05) is 25.7 Å². The van der Waals surface area contributed by atoms with Crippen LogP contribution in [0.1, 0.15) is 40.5 Å². The number of aliphatic imine (C=N–C) groups is 1. The van der Waals surface area contributed by atoms with Crippen LogP contribution in [0.25, 0.3) is 0 Å². The fourth-order valence-electron chi connectivity index (χ4n) is 2.00. The van der Waals surface area contributed by atoms with Crippen LogP contribution in [-0.2, 0) is 9.47 Å². The van der Waals surface area contributed by atoms with Crippen LogP contribution in [0.15, 0.2) is 4.99 Å². The molecule has 1 aliphatic rings. The number of amides is 1. The molecule has 0 aromatic carbocycles. The van der Waals surface area contributed by atoms with Crippen LogP contribution in [-0.4, -0.2) is 61.4 Å². The van der Waals surface area contributed by atoms with Crippen molar-refractivity contribution in [2.75, 3.05) is 26.8 Å². The zero-order valence-corrected chi connectivity index (χ0v) is 17.1. The largest absolute Gasteiger partial charge is 0.444 e. The summed E-state index contributed by atoms with van der Waals surface area (Å²) in [5.41, 5.74) is 5.33. The van der Waals surface area contributed by atoms with Crippen molar-refractivity contribution >= 4 is 36.0 Å². The Balaban J connectivity index is 0.00000484. The zero-order valence-electron chi connectivity index (χ0n) is 14.8. The fourth-order valence-corrected chi connectivity index (χ4v) is 2.00. The molecule has 0 aromatic heterocycles. The molecule has 8 heteroatoms. The average Bonchev–Trinajstić information content (AvgIpc) is 3.16. The number of nitrogens with one attached hydrogen (secondary N) is 1. The van der Waals surface area contributed by atoms with Crippen LogP contribution in [0, 0.1) is 0 Å². The lowest BCUT2D eigenvalue weighted by Crippen LogP contribution is -2.42. The molecule has 0 saturated heterocycles. The van der Waals surface area contributed by atoms with Gasteiger partial charge in [0.25, 0.3) is 0 Å². The summed E-state index contributed by atoms with van der Waals surface area (Å²) in [6.45, 7) is 9.09. The van der Waals surface area contributed by atoms with E-state index in [2.05, 4.69) is 10.3 Å². The van der Waals surface area contributed by atoms with Gasteiger partial charge in [0.2, 0.25) is 0 Å². The van der Waals surface area contributed by atoms with Crippen molar-refractivity contribution in [2.45, 2.75) is 58.2 Å². The van der Waals surface area contributed by atoms with Gasteiger partial charge in [-0.1, -0.05) is 0 Å². The van der Waals surface area contributed by atoms with E-state index in [0.717, 1.165) is 12.8 Å². The minimum atomic E-state index is -0.482. The Hall–Kier alpha value is -0.770. The van der Waals surface area contributed by atoms with Crippen molar-refractivity contribution in [2.24, 2.45) is 10.7 Å². The van der Waals surface area contributed by atoms with E-state index in [9.17, 15) is 4.79 Å². The number of carbonyl (C=O) groups is 1. The number of ether oxygens (including phenoxy) is 2. The van der Waals surface area contributed by atoms with Gasteiger partial charge in [-0.05, 0) is 40.5 Å². The predicted octanol–water partition coefficient (Wildman–Crippen LogP) is 1.94. The lowest BCUT2D eigenvalue weighted by Gasteiger charge is -2.27. The van der Waals surface area contributed by atoms with E-state index in [1.54, 1.807) is 12.0 Å². The number of carbonyl (C=O) groups excluding carboxylic acids is 1. The molecule has 3 N–H and O–H groups in total. The van der Waals surface area contributed by atoms with Gasteiger partial charge in [-0.2, -0.15) is 0 Å². The summed E-state index contributed by atoms with van der Waals surface area (Å²) in [5, 5.41) is 3.03. The number of rotatable bonds is 7. The van der Waals surface area contributed by atoms with Gasteiger partial charge in [-0.15, -0.1) is 24.0 Å². The predicted molar refractivity (Wildman–Crippen MR) is 102 cm³/mol. The lowest BCUT2D eigenvalue weighted by atomic mass is 10.2. The maximum Gasteiger partial charge on any atom is 0.410 e. The Kier molecular flexibility index (Phi) is 9.83. The first kappa shape index (κ1) is 22.2. The van der Waals surface area contributed by atoms with E-state index >= 15 is 0 Å². The summed E-state index contributed by atoms with van der Waals surface area (Å²) in [7, 11) is 1.64. The number of methoxy groups -OCH3 is 1. The highest BCUT2D eigenvalue weighted by Gasteiger charge is 2.34. The molecule has 0 radical (unpaired) electrons. The SMILES string of the molecule is COCC(C)NC(N)=NCCN(C(=O)OC(C)(C)C)C1CC1.I. The number of hydrogen-bond donors (Lipinski definition) is 2. The first-order valence-electron chi connectivity index (χ1n) is 7.78. The third-order valence-corrected chi connectivity index (χ3v) is 3.05. The quantitative estimate of drug-likeness (QED) is 0.358. The second kappa shape index (κ2) is 10.2. The Morgan fingerprint density at radius 1 is 1.43 bits per heavy atom. The fraction of sp³-hybridized carbons (Fsp3) is 0.867. The summed E-state index contributed by atoms with van der Waals surface area (Å²) in [5.74, 6) is 0.365. The van der Waals surface area contributed by atoms with Crippen molar-refractivity contribution in [3.8, 4) is 0 Å². The normalized spacial score (nSPS) is 16.3. The van der Waals surface area contributed by atoms with Crippen LogP contribution < -0.4 is 11.1 Å². The molecule has 1 aliphatic carbocycles. The highest BCUT2D eigenvalue weighted by atomic mass is 127. The zero-order chi connectivity index (χ0) is 16.8. The molecule has 1 unspecified atom stereocenters. The second-order valence-electron chi connectivity index (χ2n) is 6.67. The van der Waals surface area contributed by atoms with E-state index in [0.29, 0.717) is 25.7 Å². The van der Waals surface area contributed by atoms with Crippen molar-refractivity contribution in [1.29, 1.82) is 0 Å². The molecule has 1 saturated carbocycles. The van der Waals surface area contributed by atoms with Crippen molar-refractivity contribution in [3.63, 3.8) is 0 Å². The Bertz CT molecular complexity index is 395. The third kappa shape index (κ3) is 9.85. The molecule has 23 heavy (non-hydrogen) atoms. The number of halogens is 1. The first-order chi connectivity index (χ1) is 10.2. The molecule has 1 atom stereocenters. The molecule has 0 bridgehead atoms. The topological polar surface area (TPSA) is 89.2 Å². The van der Waals surface area contributed by atoms with Gasteiger partial charge in [0.05, 0.1) is 13.2 Å². The molecule has 0 spiro atoms. The van der Waals surface area contributed by atoms with Gasteiger partial charge in [-0.25, -0.2) is 4.79 Å². The van der Waals surface area contributed by atoms with Crippen LogP contribution in [0.2, 0.25) is 0 Å². The molecule has 1 fully saturated rings. The van der Waals surface area contributed by atoms with Gasteiger partial charge in [0.1, 0.15) is 5.60 Å². The van der Waals surface area contributed by atoms with E-state index < -0.39 is 5.60 Å². The maximum atomic E-state index is 12.2. The third-order valence-electron chi connectivity index (χ3n) is 3.05. The molecule has 0 aliphatic heterocycles. The maximum absolute atomic E-state index is 12.2. The monoisotopic (exact) mass is 442 g/mol. The number of nitrogens with zero attached hydrogens (tertiary/aromatic N) is 2. The highest BCUT2D eigenvalue weighted by Crippen LogP contribution is 2.28. The van der Waals surface area contributed by atoms with Gasteiger partial charge in [0.15, 0.2) is 5.96 Å². The Morgan fingerprint density at radius 2 is 2.04 bits per heavy atom. The number of guanidine groups is 1. The first-order valence-corrected chi connectivity index (χ1v) is 7.78. The van der Waals surface area contributed by atoms with E-state index in [1.165, 1.54) is 0 Å². The van der Waals surface area contributed by atoms with Gasteiger partial charge < -0.3 is 25.4 Å². The summed E-state index contributed by atoms with van der Waals surface area (Å²) in [4.78, 5) is 18.2. The molecule has 7 nitrogen and oxygen atoms in total. The number of nitrogens with two attached hydrogens (primary N) is 1. The van der Waals surface area contributed by atoms with E-state index in [1.807, 2.05) is 27.7 Å². The van der Waals surface area contributed by atoms with E-state index in [4.69, 9.17) is 15.2 Å². The van der Waals surface area contributed by atoms with Crippen molar-refractivity contribution in [1.82, 2.24) is 10.2 Å². The molecular formula is C15H31IN4O3. The highest BCUT2D eigenvalue weighted by molar-refractivity contribution is 14.0. The molecule has 1 rings (SSSR count). The Morgan fingerprint density at radius 3 is 2.52 bits per heavy atom. The summed E-state index contributed by atoms with van der Waals surface area (Å²) >= 11 is 0. The van der Waals surface area contributed by atoms with Crippen LogP contribution in [0.5, 0.6) is 0 Å². The summed E-state index contributed by atoms with van der Waals surface area (Å²) in [6.07, 6.45) is 1.79. The van der Waals surface area contributed by atoms with Crippen LogP contribution in [0.4, 0.5) is 4.79 Å². The molecular weight excluding hydrogens is 411 g/mol. The smallest absolute Gasteiger partial charge is 0.410 e. The number of hydrogen-bond acceptors (Lipinski definition) is 4. The van der Waals surface area contributed by atoms with Gasteiger partial charge in [-0.3, -0.25) is 4.99 Å². The minimum absolute atomic E-state index is 0. The second-order valence-corrected chi connectivity index (χ2v) is 6.67. The van der Waals surface area contributed by atoms with Crippen molar-refractivity contribution < 1.29 is 14.3 Å². The average molecular weight is 442 g/mol. The molecule has 0 aromatic rings. The van der Waals surface area contributed by atoms with Crippen LogP contribution >= 0.6 is 24.0 Å². The molecule has 136 valence electrons. The van der Waals surface area contributed by atoms with Gasteiger partial charge >= 0.3 is 6.09 Å². The standard InChI is InChI=1S/C15H30N4O3.HI/c1-11(10-21-5)18-13(16)17-8-9-19(12-6-7-12)14(20)22-15(2,3)4;/h11-12H,6-10H2,1-5H3,(H3,16,17,18);1H. The Labute approximate surface area is 156 Å². The molecule has 0 heterocycles. The summed E-state index contributed by atoms with van der Waals surface area (Å²) < 4.78 is 10.5. The lowest BCUT2D eigenvalue weighted by molar-refractivity contribution is 0.0240. The summed E-state index contributed by atoms with van der Waals surface area (Å²) in [6, 6.07) is 0.380.